The van der Waals surface area contributed by atoms with Gasteiger partial charge < -0.3 is 4.90 Å². The number of para-hydroxylation sites is 1. The standard InChI is InChI=1S/C26H28N6O3/c1-16(2)22-28-26(30-29-22)27-21(33)14-4-3-9-15-31-23-17-10-5-6-11-18(17)25(35)32(23)20-13-8-7-12-19(20)24(31)34/h5-8,10-13,16,23H,3-4,9,14-15H2,1-2H3,(H2,27,28,29,30,33)/t23-/m1/s1. The van der Waals surface area contributed by atoms with Gasteiger partial charge >= 0.3 is 0 Å². The Labute approximate surface area is 203 Å². The monoisotopic (exact) mass is 472 g/mol. The molecule has 3 aromatic rings. The number of aromatic amines is 1. The summed E-state index contributed by atoms with van der Waals surface area (Å²) >= 11 is 0. The van der Waals surface area contributed by atoms with Gasteiger partial charge in [0.1, 0.15) is 12.0 Å². The van der Waals surface area contributed by atoms with Crippen molar-refractivity contribution in [3.63, 3.8) is 0 Å². The van der Waals surface area contributed by atoms with Crippen LogP contribution in [0.2, 0.25) is 0 Å². The van der Waals surface area contributed by atoms with E-state index in [1.165, 1.54) is 0 Å². The van der Waals surface area contributed by atoms with E-state index < -0.39 is 6.17 Å². The highest BCUT2D eigenvalue weighted by Crippen LogP contribution is 2.45. The van der Waals surface area contributed by atoms with E-state index in [9.17, 15) is 14.4 Å². The minimum Gasteiger partial charge on any atom is -0.313 e. The Morgan fingerprint density at radius 2 is 1.74 bits per heavy atom. The fourth-order valence-electron chi connectivity index (χ4n) is 4.72. The number of nitrogens with zero attached hydrogens (tertiary/aromatic N) is 4. The summed E-state index contributed by atoms with van der Waals surface area (Å²) in [4.78, 5) is 46.7. The lowest BCUT2D eigenvalue weighted by Crippen LogP contribution is -2.48. The second-order valence-corrected chi connectivity index (χ2v) is 9.21. The highest BCUT2D eigenvalue weighted by atomic mass is 16.2. The number of hydrogen-bond donors (Lipinski definition) is 2. The Bertz CT molecular complexity index is 1280. The van der Waals surface area contributed by atoms with Crippen molar-refractivity contribution in [2.45, 2.75) is 51.6 Å². The molecule has 0 saturated carbocycles. The first kappa shape index (κ1) is 22.8. The molecule has 0 aliphatic carbocycles. The zero-order valence-corrected chi connectivity index (χ0v) is 19.8. The number of benzene rings is 2. The van der Waals surface area contributed by atoms with E-state index in [2.05, 4.69) is 20.5 Å². The lowest BCUT2D eigenvalue weighted by molar-refractivity contribution is -0.116. The first-order valence-corrected chi connectivity index (χ1v) is 12.0. The van der Waals surface area contributed by atoms with E-state index in [0.717, 1.165) is 24.2 Å². The Morgan fingerprint density at radius 1 is 1.00 bits per heavy atom. The van der Waals surface area contributed by atoms with E-state index in [1.54, 1.807) is 15.9 Å². The molecule has 2 N–H and O–H groups in total. The predicted molar refractivity (Wildman–Crippen MR) is 131 cm³/mol. The van der Waals surface area contributed by atoms with Crippen molar-refractivity contribution in [3.8, 4) is 0 Å². The van der Waals surface area contributed by atoms with Gasteiger partial charge in [-0.25, -0.2) is 0 Å². The predicted octanol–water partition coefficient (Wildman–Crippen LogP) is 4.24. The van der Waals surface area contributed by atoms with Crippen LogP contribution < -0.4 is 10.2 Å². The summed E-state index contributed by atoms with van der Waals surface area (Å²) in [5, 5.41) is 9.56. The fraction of sp³-hybridized carbons (Fsp3) is 0.346. The maximum absolute atomic E-state index is 13.4. The number of unbranched alkanes of at least 4 members (excludes halogenated alkanes) is 2. The molecule has 5 rings (SSSR count). The highest BCUT2D eigenvalue weighted by Gasteiger charge is 2.47. The second kappa shape index (κ2) is 9.32. The topological polar surface area (TPSA) is 111 Å². The molecule has 3 amide bonds. The largest absolute Gasteiger partial charge is 0.313 e. The minimum absolute atomic E-state index is 0.0744. The van der Waals surface area contributed by atoms with Crippen LogP contribution >= 0.6 is 0 Å². The Balaban J connectivity index is 1.22. The molecule has 2 aromatic carbocycles. The van der Waals surface area contributed by atoms with Gasteiger partial charge in [0.2, 0.25) is 11.9 Å². The van der Waals surface area contributed by atoms with Gasteiger partial charge in [0.15, 0.2) is 0 Å². The molecule has 2 aliphatic heterocycles. The van der Waals surface area contributed by atoms with Crippen molar-refractivity contribution >= 4 is 29.4 Å². The molecule has 0 bridgehead atoms. The van der Waals surface area contributed by atoms with Crippen molar-refractivity contribution in [1.82, 2.24) is 20.1 Å². The number of carbonyl (C=O) groups excluding carboxylic acids is 3. The molecule has 2 aliphatic rings. The van der Waals surface area contributed by atoms with Crippen LogP contribution in [0.15, 0.2) is 48.5 Å². The summed E-state index contributed by atoms with van der Waals surface area (Å²) in [7, 11) is 0. The van der Waals surface area contributed by atoms with E-state index in [4.69, 9.17) is 0 Å². The van der Waals surface area contributed by atoms with E-state index in [0.29, 0.717) is 42.1 Å². The van der Waals surface area contributed by atoms with Crippen LogP contribution in [-0.4, -0.2) is 44.3 Å². The van der Waals surface area contributed by atoms with E-state index in [1.807, 2.05) is 56.3 Å². The quantitative estimate of drug-likeness (QED) is 0.476. The number of aromatic nitrogens is 3. The molecule has 3 heterocycles. The maximum Gasteiger partial charge on any atom is 0.260 e. The first-order valence-electron chi connectivity index (χ1n) is 12.0. The summed E-state index contributed by atoms with van der Waals surface area (Å²) in [5.74, 6) is 0.934. The number of H-pyrrole nitrogens is 1. The molecular formula is C26H28N6O3. The molecular weight excluding hydrogens is 444 g/mol. The summed E-state index contributed by atoms with van der Waals surface area (Å²) in [5.41, 5.74) is 2.68. The van der Waals surface area contributed by atoms with Gasteiger partial charge in [-0.2, -0.15) is 4.98 Å². The molecule has 35 heavy (non-hydrogen) atoms. The number of fused-ring (bicyclic) bond motifs is 5. The number of amides is 3. The molecule has 1 atom stereocenters. The molecule has 180 valence electrons. The molecule has 0 fully saturated rings. The second-order valence-electron chi connectivity index (χ2n) is 9.21. The zero-order valence-electron chi connectivity index (χ0n) is 19.8. The highest BCUT2D eigenvalue weighted by molar-refractivity contribution is 6.16. The molecule has 0 unspecified atom stereocenters. The van der Waals surface area contributed by atoms with Crippen LogP contribution in [0.3, 0.4) is 0 Å². The Hall–Kier alpha value is -4.01. The van der Waals surface area contributed by atoms with Gasteiger partial charge in [-0.1, -0.05) is 50.6 Å². The van der Waals surface area contributed by atoms with Crippen molar-refractivity contribution in [3.05, 3.63) is 71.0 Å². The third-order valence-corrected chi connectivity index (χ3v) is 6.49. The third-order valence-electron chi connectivity index (χ3n) is 6.49. The van der Waals surface area contributed by atoms with Crippen LogP contribution in [0.4, 0.5) is 11.6 Å². The van der Waals surface area contributed by atoms with Crippen LogP contribution in [-0.2, 0) is 4.79 Å². The zero-order chi connectivity index (χ0) is 24.5. The lowest BCUT2D eigenvalue weighted by atomic mass is 10.0. The number of anilines is 2. The maximum atomic E-state index is 13.4. The van der Waals surface area contributed by atoms with E-state index in [-0.39, 0.29) is 23.6 Å². The van der Waals surface area contributed by atoms with Gasteiger partial charge in [-0.05, 0) is 31.0 Å². The van der Waals surface area contributed by atoms with Crippen molar-refractivity contribution in [1.29, 1.82) is 0 Å². The smallest absolute Gasteiger partial charge is 0.260 e. The van der Waals surface area contributed by atoms with Gasteiger partial charge in [-0.3, -0.25) is 29.7 Å². The summed E-state index contributed by atoms with van der Waals surface area (Å²) in [6.45, 7) is 4.49. The minimum atomic E-state index is -0.440. The third kappa shape index (κ3) is 4.18. The Kier molecular flexibility index (Phi) is 6.07. The molecule has 0 radical (unpaired) electrons. The van der Waals surface area contributed by atoms with Crippen molar-refractivity contribution in [2.75, 3.05) is 16.8 Å². The lowest BCUT2D eigenvalue weighted by Gasteiger charge is -2.41. The summed E-state index contributed by atoms with van der Waals surface area (Å²) in [6.07, 6.45) is 2.08. The summed E-state index contributed by atoms with van der Waals surface area (Å²) < 4.78 is 0. The molecule has 9 heteroatoms. The number of hydrogen-bond acceptors (Lipinski definition) is 5. The number of rotatable bonds is 8. The molecule has 9 nitrogen and oxygen atoms in total. The first-order chi connectivity index (χ1) is 17.0. The average molecular weight is 473 g/mol. The molecule has 1 aromatic heterocycles. The van der Waals surface area contributed by atoms with Gasteiger partial charge in [0.25, 0.3) is 11.8 Å². The van der Waals surface area contributed by atoms with Crippen LogP contribution in [0.1, 0.15) is 83.7 Å². The number of carbonyl (C=O) groups is 3. The van der Waals surface area contributed by atoms with Gasteiger partial charge in [-0.15, -0.1) is 5.10 Å². The molecule has 0 saturated heterocycles. The van der Waals surface area contributed by atoms with Crippen LogP contribution in [0.25, 0.3) is 0 Å². The molecule has 0 spiro atoms. The van der Waals surface area contributed by atoms with Gasteiger partial charge in [0, 0.05) is 30.0 Å². The normalized spacial score (nSPS) is 16.4. The van der Waals surface area contributed by atoms with Crippen LogP contribution in [0, 0.1) is 0 Å². The number of nitrogens with one attached hydrogen (secondary N) is 2. The SMILES string of the molecule is CC(C)c1nc(NC(=O)CCCCCN2C(=O)c3ccccc3N3C(=O)c4ccccc4[C@H]23)n[nH]1. The van der Waals surface area contributed by atoms with Gasteiger partial charge in [0.05, 0.1) is 11.3 Å². The Morgan fingerprint density at radius 3 is 2.51 bits per heavy atom. The van der Waals surface area contributed by atoms with Crippen molar-refractivity contribution in [2.24, 2.45) is 0 Å². The fourth-order valence-corrected chi connectivity index (χ4v) is 4.72. The summed E-state index contributed by atoms with van der Waals surface area (Å²) in [6, 6.07) is 14.8. The van der Waals surface area contributed by atoms with E-state index >= 15 is 0 Å². The average Bonchev–Trinajstić information content (AvgIpc) is 3.44. The van der Waals surface area contributed by atoms with Crippen LogP contribution in [0.5, 0.6) is 0 Å². The van der Waals surface area contributed by atoms with Crippen molar-refractivity contribution < 1.29 is 14.4 Å².